The van der Waals surface area contributed by atoms with Gasteiger partial charge in [0.1, 0.15) is 23.0 Å². The lowest BCUT2D eigenvalue weighted by molar-refractivity contribution is 0.131. The van der Waals surface area contributed by atoms with Gasteiger partial charge < -0.3 is 19.9 Å². The molecule has 2 amide bonds. The summed E-state index contributed by atoms with van der Waals surface area (Å²) in [6.45, 7) is 8.13. The molecule has 1 fully saturated rings. The third-order valence-corrected chi connectivity index (χ3v) is 5.43. The van der Waals surface area contributed by atoms with Gasteiger partial charge in [-0.1, -0.05) is 18.2 Å². The van der Waals surface area contributed by atoms with E-state index < -0.39 is 11.6 Å². The summed E-state index contributed by atoms with van der Waals surface area (Å²) in [7, 11) is 2.06. The Labute approximate surface area is 189 Å². The molecule has 5 nitrogen and oxygen atoms in total. The van der Waals surface area contributed by atoms with Gasteiger partial charge in [0.05, 0.1) is 6.54 Å². The third kappa shape index (κ3) is 7.19. The lowest BCUT2D eigenvalue weighted by Crippen LogP contribution is -2.48. The van der Waals surface area contributed by atoms with Gasteiger partial charge in [-0.2, -0.15) is 0 Å². The number of carbonyl (C=O) groups excluding carboxylic acids is 1. The predicted octanol–water partition coefficient (Wildman–Crippen LogP) is 4.95. The summed E-state index contributed by atoms with van der Waals surface area (Å²) in [4.78, 5) is 16.9. The standard InChI is InChI=1S/C25H33F2N3O2/c1-25(2,3)32-22-9-5-18(6-10-22)16-30(17-19-7-8-20(26)15-23(19)27)24(31)28-21-11-13-29(4)14-12-21/h5-10,15,21H,11-14,16-17H2,1-4H3,(H,28,31). The summed E-state index contributed by atoms with van der Waals surface area (Å²) in [6.07, 6.45) is 1.75. The summed E-state index contributed by atoms with van der Waals surface area (Å²) in [5, 5.41) is 3.09. The van der Waals surface area contributed by atoms with Crippen LogP contribution in [0.25, 0.3) is 0 Å². The Morgan fingerprint density at radius 1 is 1.09 bits per heavy atom. The van der Waals surface area contributed by atoms with Crippen molar-refractivity contribution < 1.29 is 18.3 Å². The average molecular weight is 446 g/mol. The number of rotatable bonds is 6. The molecule has 32 heavy (non-hydrogen) atoms. The maximum atomic E-state index is 14.3. The first-order valence-corrected chi connectivity index (χ1v) is 11.0. The van der Waals surface area contributed by atoms with Crippen molar-refractivity contribution in [1.82, 2.24) is 15.1 Å². The van der Waals surface area contributed by atoms with Crippen molar-refractivity contribution in [3.63, 3.8) is 0 Å². The van der Waals surface area contributed by atoms with Crippen molar-refractivity contribution >= 4 is 6.03 Å². The van der Waals surface area contributed by atoms with Gasteiger partial charge >= 0.3 is 6.03 Å². The number of benzene rings is 2. The van der Waals surface area contributed by atoms with E-state index in [2.05, 4.69) is 17.3 Å². The van der Waals surface area contributed by atoms with Gasteiger partial charge in [0.15, 0.2) is 0 Å². The summed E-state index contributed by atoms with van der Waals surface area (Å²) in [6, 6.07) is 10.8. The van der Waals surface area contributed by atoms with Crippen LogP contribution in [0.15, 0.2) is 42.5 Å². The van der Waals surface area contributed by atoms with Crippen molar-refractivity contribution in [2.45, 2.75) is 58.3 Å². The van der Waals surface area contributed by atoms with E-state index in [-0.39, 0.29) is 29.8 Å². The highest BCUT2D eigenvalue weighted by molar-refractivity contribution is 5.74. The Balaban J connectivity index is 1.74. The predicted molar refractivity (Wildman–Crippen MR) is 121 cm³/mol. The second-order valence-electron chi connectivity index (χ2n) is 9.48. The number of hydrogen-bond donors (Lipinski definition) is 1. The van der Waals surface area contributed by atoms with Crippen LogP contribution in [0.3, 0.4) is 0 Å². The molecule has 0 saturated carbocycles. The first-order valence-electron chi connectivity index (χ1n) is 11.0. The number of hydrogen-bond acceptors (Lipinski definition) is 3. The van der Waals surface area contributed by atoms with Crippen LogP contribution in [0.2, 0.25) is 0 Å². The second kappa shape index (κ2) is 10.3. The third-order valence-electron chi connectivity index (χ3n) is 5.43. The molecule has 0 spiro atoms. The van der Waals surface area contributed by atoms with E-state index in [4.69, 9.17) is 4.74 Å². The molecule has 1 heterocycles. The number of urea groups is 1. The molecule has 0 aromatic heterocycles. The van der Waals surface area contributed by atoms with Crippen LogP contribution in [0.4, 0.5) is 13.6 Å². The van der Waals surface area contributed by atoms with Gasteiger partial charge in [0.2, 0.25) is 0 Å². The molecule has 3 rings (SSSR count). The summed E-state index contributed by atoms with van der Waals surface area (Å²) in [5.74, 6) is -0.549. The van der Waals surface area contributed by atoms with E-state index in [0.29, 0.717) is 6.54 Å². The van der Waals surface area contributed by atoms with Crippen LogP contribution in [0.5, 0.6) is 5.75 Å². The van der Waals surface area contributed by atoms with Gasteiger partial charge in [-0.25, -0.2) is 13.6 Å². The largest absolute Gasteiger partial charge is 0.488 e. The van der Waals surface area contributed by atoms with Crippen LogP contribution in [-0.4, -0.2) is 47.6 Å². The Morgan fingerprint density at radius 3 is 2.34 bits per heavy atom. The smallest absolute Gasteiger partial charge is 0.318 e. The number of ether oxygens (including phenoxy) is 1. The van der Waals surface area contributed by atoms with E-state index in [1.807, 2.05) is 45.0 Å². The molecule has 0 unspecified atom stereocenters. The normalized spacial score (nSPS) is 15.4. The highest BCUT2D eigenvalue weighted by atomic mass is 19.1. The second-order valence-corrected chi connectivity index (χ2v) is 9.48. The molecule has 1 N–H and O–H groups in total. The molecule has 1 aliphatic rings. The Morgan fingerprint density at radius 2 is 1.75 bits per heavy atom. The zero-order chi connectivity index (χ0) is 23.3. The molecule has 174 valence electrons. The Kier molecular flexibility index (Phi) is 7.72. The fraction of sp³-hybridized carbons (Fsp3) is 0.480. The number of nitrogens with one attached hydrogen (secondary N) is 1. The van der Waals surface area contributed by atoms with Gasteiger partial charge in [0, 0.05) is 24.2 Å². The average Bonchev–Trinajstić information content (AvgIpc) is 2.71. The van der Waals surface area contributed by atoms with Crippen LogP contribution < -0.4 is 10.1 Å². The zero-order valence-corrected chi connectivity index (χ0v) is 19.3. The van der Waals surface area contributed by atoms with E-state index in [1.165, 1.54) is 12.1 Å². The SMILES string of the molecule is CN1CCC(NC(=O)N(Cc2ccc(OC(C)(C)C)cc2)Cc2ccc(F)cc2F)CC1. The number of amides is 2. The molecule has 2 aromatic rings. The van der Waals surface area contributed by atoms with E-state index in [1.54, 1.807) is 4.90 Å². The molecule has 2 aromatic carbocycles. The van der Waals surface area contributed by atoms with Crippen molar-refractivity contribution in [2.75, 3.05) is 20.1 Å². The first kappa shape index (κ1) is 24.0. The van der Waals surface area contributed by atoms with Crippen LogP contribution in [0, 0.1) is 11.6 Å². The molecule has 0 aliphatic carbocycles. The molecular weight excluding hydrogens is 412 g/mol. The Bertz CT molecular complexity index is 904. The maximum Gasteiger partial charge on any atom is 0.318 e. The van der Waals surface area contributed by atoms with Crippen molar-refractivity contribution in [3.8, 4) is 5.75 Å². The Hall–Kier alpha value is -2.67. The van der Waals surface area contributed by atoms with E-state index in [0.717, 1.165) is 43.3 Å². The molecule has 0 radical (unpaired) electrons. The first-order chi connectivity index (χ1) is 15.1. The maximum absolute atomic E-state index is 14.3. The fourth-order valence-corrected chi connectivity index (χ4v) is 3.71. The molecule has 0 bridgehead atoms. The highest BCUT2D eigenvalue weighted by Crippen LogP contribution is 2.21. The monoisotopic (exact) mass is 445 g/mol. The van der Waals surface area contributed by atoms with Gasteiger partial charge in [-0.05, 0) is 77.5 Å². The number of piperidine rings is 1. The number of likely N-dealkylation sites (tertiary alicyclic amines) is 1. The van der Waals surface area contributed by atoms with Gasteiger partial charge in [-0.3, -0.25) is 0 Å². The summed E-state index contributed by atoms with van der Waals surface area (Å²) < 4.78 is 33.5. The minimum Gasteiger partial charge on any atom is -0.488 e. The molecular formula is C25H33F2N3O2. The van der Waals surface area contributed by atoms with Crippen molar-refractivity contribution in [2.24, 2.45) is 0 Å². The topological polar surface area (TPSA) is 44.8 Å². The molecule has 1 aliphatic heterocycles. The molecule has 7 heteroatoms. The minimum absolute atomic E-state index is 0.0464. The fourth-order valence-electron chi connectivity index (χ4n) is 3.71. The lowest BCUT2D eigenvalue weighted by Gasteiger charge is -2.32. The van der Waals surface area contributed by atoms with Gasteiger partial charge in [-0.15, -0.1) is 0 Å². The van der Waals surface area contributed by atoms with E-state index in [9.17, 15) is 13.6 Å². The van der Waals surface area contributed by atoms with Crippen molar-refractivity contribution in [1.29, 1.82) is 0 Å². The van der Waals surface area contributed by atoms with Crippen LogP contribution >= 0.6 is 0 Å². The van der Waals surface area contributed by atoms with E-state index >= 15 is 0 Å². The van der Waals surface area contributed by atoms with Crippen molar-refractivity contribution in [3.05, 3.63) is 65.2 Å². The summed E-state index contributed by atoms with van der Waals surface area (Å²) >= 11 is 0. The quantitative estimate of drug-likeness (QED) is 0.685. The highest BCUT2D eigenvalue weighted by Gasteiger charge is 2.23. The number of carbonyl (C=O) groups is 1. The number of halogens is 2. The molecule has 1 saturated heterocycles. The van der Waals surface area contributed by atoms with Crippen LogP contribution in [-0.2, 0) is 13.1 Å². The van der Waals surface area contributed by atoms with Gasteiger partial charge in [0.25, 0.3) is 0 Å². The lowest BCUT2D eigenvalue weighted by atomic mass is 10.1. The summed E-state index contributed by atoms with van der Waals surface area (Å²) in [5.41, 5.74) is 0.867. The molecule has 0 atom stereocenters. The number of nitrogens with zero attached hydrogens (tertiary/aromatic N) is 2. The van der Waals surface area contributed by atoms with Crippen LogP contribution in [0.1, 0.15) is 44.7 Å². The zero-order valence-electron chi connectivity index (χ0n) is 19.3. The minimum atomic E-state index is -0.656.